The summed E-state index contributed by atoms with van der Waals surface area (Å²) in [4.78, 5) is 27.3. The first-order valence-corrected chi connectivity index (χ1v) is 8.61. The van der Waals surface area contributed by atoms with Crippen LogP contribution in [0.4, 0.5) is 4.79 Å². The Labute approximate surface area is 146 Å². The summed E-state index contributed by atoms with van der Waals surface area (Å²) in [7, 11) is 0. The number of nitrogens with zero attached hydrogens (tertiary/aromatic N) is 2. The van der Waals surface area contributed by atoms with Crippen LogP contribution in [0.1, 0.15) is 6.92 Å². The van der Waals surface area contributed by atoms with Crippen LogP contribution in [0.3, 0.4) is 0 Å². The summed E-state index contributed by atoms with van der Waals surface area (Å²) in [6, 6.07) is -1.31. The van der Waals surface area contributed by atoms with Crippen molar-refractivity contribution in [1.29, 1.82) is 0 Å². The van der Waals surface area contributed by atoms with Gasteiger partial charge in [-0.25, -0.2) is 4.79 Å². The first-order valence-electron chi connectivity index (χ1n) is 8.61. The number of fused-ring (bicyclic) bond motifs is 2. The van der Waals surface area contributed by atoms with Gasteiger partial charge in [0.1, 0.15) is 6.10 Å². The molecule has 3 fully saturated rings. The van der Waals surface area contributed by atoms with Crippen LogP contribution in [0.5, 0.6) is 0 Å². The fourth-order valence-electron chi connectivity index (χ4n) is 3.67. The van der Waals surface area contributed by atoms with Crippen molar-refractivity contribution in [2.24, 2.45) is 0 Å². The molecule has 25 heavy (non-hydrogen) atoms. The fourth-order valence-corrected chi connectivity index (χ4v) is 3.67. The second-order valence-electron chi connectivity index (χ2n) is 6.57. The second kappa shape index (κ2) is 7.69. The zero-order valence-electron chi connectivity index (χ0n) is 14.4. The quantitative estimate of drug-likeness (QED) is 0.531. The number of aliphatic hydroxyl groups excluding tert-OH is 1. The van der Waals surface area contributed by atoms with Crippen molar-refractivity contribution in [2.45, 2.75) is 37.5 Å². The molecule has 3 heterocycles. The van der Waals surface area contributed by atoms with E-state index in [1.54, 1.807) is 17.9 Å². The summed E-state index contributed by atoms with van der Waals surface area (Å²) in [5.74, 6) is 0.0516. The number of amides is 3. The Morgan fingerprint density at radius 3 is 2.68 bits per heavy atom. The Kier molecular flexibility index (Phi) is 5.57. The van der Waals surface area contributed by atoms with E-state index in [0.29, 0.717) is 39.3 Å². The number of ether oxygens (including phenoxy) is 2. The van der Waals surface area contributed by atoms with E-state index < -0.39 is 18.4 Å². The number of carbonyl (C=O) groups excluding carboxylic acids is 2. The topological polar surface area (TPSA) is 103 Å². The van der Waals surface area contributed by atoms with Crippen molar-refractivity contribution >= 4 is 11.9 Å². The van der Waals surface area contributed by atoms with Crippen LogP contribution >= 0.6 is 0 Å². The minimum atomic E-state index is -0.815. The molecule has 9 nitrogen and oxygen atoms in total. The zero-order chi connectivity index (χ0) is 18.0. The van der Waals surface area contributed by atoms with Gasteiger partial charge in [0.2, 0.25) is 5.91 Å². The molecule has 140 valence electrons. The van der Waals surface area contributed by atoms with Crippen molar-refractivity contribution in [2.75, 3.05) is 39.3 Å². The van der Waals surface area contributed by atoms with E-state index in [9.17, 15) is 14.7 Å². The molecule has 0 spiro atoms. The molecule has 3 N–H and O–H groups in total. The Morgan fingerprint density at radius 2 is 2.04 bits per heavy atom. The van der Waals surface area contributed by atoms with Crippen molar-refractivity contribution in [3.05, 3.63) is 12.7 Å². The van der Waals surface area contributed by atoms with Gasteiger partial charge in [0, 0.05) is 39.6 Å². The molecule has 5 atom stereocenters. The molecular formula is C16H26N4O5. The first kappa shape index (κ1) is 18.1. The standard InChI is InChI=1S/C16H26N4O5/c1-3-4-17-16(23)18-12-11-9-24-15(25-11)13(14(12)22)20-7-5-19(6-8-20)10(2)21/h3,11-15,22H,1,4-9H2,2H3,(H2,17,18,23). The summed E-state index contributed by atoms with van der Waals surface area (Å²) >= 11 is 0. The van der Waals surface area contributed by atoms with Crippen LogP contribution < -0.4 is 10.6 Å². The molecule has 3 saturated heterocycles. The molecule has 2 bridgehead atoms. The average Bonchev–Trinajstić information content (AvgIpc) is 3.02. The smallest absolute Gasteiger partial charge is 0.315 e. The Hall–Kier alpha value is -1.68. The molecule has 0 aromatic heterocycles. The molecule has 0 saturated carbocycles. The highest BCUT2D eigenvalue weighted by molar-refractivity contribution is 5.74. The van der Waals surface area contributed by atoms with Gasteiger partial charge in [-0.3, -0.25) is 9.69 Å². The van der Waals surface area contributed by atoms with Gasteiger partial charge in [-0.2, -0.15) is 0 Å². The van der Waals surface area contributed by atoms with Gasteiger partial charge in [0.15, 0.2) is 6.29 Å². The number of rotatable bonds is 4. The predicted molar refractivity (Wildman–Crippen MR) is 88.8 cm³/mol. The Balaban J connectivity index is 1.65. The molecule has 9 heteroatoms. The highest BCUT2D eigenvalue weighted by Gasteiger charge is 2.52. The minimum absolute atomic E-state index is 0.0516. The fraction of sp³-hybridized carbons (Fsp3) is 0.750. The molecule has 0 aromatic rings. The van der Waals surface area contributed by atoms with E-state index in [1.807, 2.05) is 0 Å². The molecule has 0 radical (unpaired) electrons. The summed E-state index contributed by atoms with van der Waals surface area (Å²) in [5.41, 5.74) is 0. The van der Waals surface area contributed by atoms with Gasteiger partial charge in [0.05, 0.1) is 24.8 Å². The maximum Gasteiger partial charge on any atom is 0.315 e. The molecule has 0 aliphatic carbocycles. The van der Waals surface area contributed by atoms with E-state index in [2.05, 4.69) is 22.1 Å². The van der Waals surface area contributed by atoms with Gasteiger partial charge in [0.25, 0.3) is 0 Å². The largest absolute Gasteiger partial charge is 0.389 e. The van der Waals surface area contributed by atoms with Crippen molar-refractivity contribution in [3.63, 3.8) is 0 Å². The molecular weight excluding hydrogens is 328 g/mol. The van der Waals surface area contributed by atoms with E-state index in [-0.39, 0.29) is 24.1 Å². The van der Waals surface area contributed by atoms with Gasteiger partial charge < -0.3 is 30.1 Å². The monoisotopic (exact) mass is 354 g/mol. The van der Waals surface area contributed by atoms with Gasteiger partial charge in [-0.15, -0.1) is 6.58 Å². The molecule has 5 unspecified atom stereocenters. The van der Waals surface area contributed by atoms with Gasteiger partial charge in [-0.05, 0) is 0 Å². The van der Waals surface area contributed by atoms with Crippen molar-refractivity contribution in [3.8, 4) is 0 Å². The minimum Gasteiger partial charge on any atom is -0.389 e. The lowest BCUT2D eigenvalue weighted by Gasteiger charge is -2.46. The van der Waals surface area contributed by atoms with Gasteiger partial charge >= 0.3 is 6.03 Å². The second-order valence-corrected chi connectivity index (χ2v) is 6.57. The number of urea groups is 1. The Morgan fingerprint density at radius 1 is 1.32 bits per heavy atom. The third kappa shape index (κ3) is 3.79. The highest BCUT2D eigenvalue weighted by Crippen LogP contribution is 2.31. The maximum absolute atomic E-state index is 12.0. The number of aliphatic hydroxyl groups is 1. The molecule has 3 rings (SSSR count). The van der Waals surface area contributed by atoms with Crippen LogP contribution in [0.25, 0.3) is 0 Å². The van der Waals surface area contributed by atoms with Crippen molar-refractivity contribution < 1.29 is 24.2 Å². The summed E-state index contributed by atoms with van der Waals surface area (Å²) in [5, 5.41) is 16.3. The first-order chi connectivity index (χ1) is 12.0. The van der Waals surface area contributed by atoms with Crippen molar-refractivity contribution in [1.82, 2.24) is 20.4 Å². The lowest BCUT2D eigenvalue weighted by molar-refractivity contribution is -0.185. The number of nitrogens with one attached hydrogen (secondary N) is 2. The molecule has 3 amide bonds. The average molecular weight is 354 g/mol. The van der Waals surface area contributed by atoms with Crippen LogP contribution in [-0.4, -0.2) is 96.8 Å². The lowest BCUT2D eigenvalue weighted by Crippen LogP contribution is -2.67. The van der Waals surface area contributed by atoms with Crippen LogP contribution in [0, 0.1) is 0 Å². The summed E-state index contributed by atoms with van der Waals surface area (Å²) < 4.78 is 11.5. The predicted octanol–water partition coefficient (Wildman–Crippen LogP) is -1.51. The van der Waals surface area contributed by atoms with Gasteiger partial charge in [-0.1, -0.05) is 6.08 Å². The normalized spacial score (nSPS) is 35.3. The Bertz CT molecular complexity index is 523. The van der Waals surface area contributed by atoms with E-state index >= 15 is 0 Å². The van der Waals surface area contributed by atoms with E-state index in [1.165, 1.54) is 0 Å². The van der Waals surface area contributed by atoms with Crippen LogP contribution in [-0.2, 0) is 14.3 Å². The third-order valence-electron chi connectivity index (χ3n) is 5.02. The number of hydrogen-bond donors (Lipinski definition) is 3. The molecule has 0 aromatic carbocycles. The summed E-state index contributed by atoms with van der Waals surface area (Å²) in [6.45, 7) is 8.25. The highest BCUT2D eigenvalue weighted by atomic mass is 16.7. The van der Waals surface area contributed by atoms with Crippen LogP contribution in [0.15, 0.2) is 12.7 Å². The third-order valence-corrected chi connectivity index (χ3v) is 5.02. The zero-order valence-corrected chi connectivity index (χ0v) is 14.4. The lowest BCUT2D eigenvalue weighted by atomic mass is 9.94. The molecule has 3 aliphatic heterocycles. The maximum atomic E-state index is 12.0. The van der Waals surface area contributed by atoms with Crippen LogP contribution in [0.2, 0.25) is 0 Å². The number of hydrogen-bond acceptors (Lipinski definition) is 6. The van der Waals surface area contributed by atoms with E-state index in [0.717, 1.165) is 0 Å². The molecule has 3 aliphatic rings. The van der Waals surface area contributed by atoms with E-state index in [4.69, 9.17) is 9.47 Å². The SMILES string of the molecule is C=CCNC(=O)NC1C2COC(O2)C(N2CCN(C(C)=O)CC2)C1O. The number of piperazine rings is 1. The number of carbonyl (C=O) groups is 2. The summed E-state index contributed by atoms with van der Waals surface area (Å²) in [6.07, 6.45) is -0.119.